The SMILES string of the molecule is Clc1cc(NCCC2CCCC2)nc(-c2ccccc2)n1. The highest BCUT2D eigenvalue weighted by Crippen LogP contribution is 2.27. The zero-order valence-corrected chi connectivity index (χ0v) is 12.8. The van der Waals surface area contributed by atoms with Gasteiger partial charge in [0.1, 0.15) is 11.0 Å². The molecule has 110 valence electrons. The molecule has 1 fully saturated rings. The van der Waals surface area contributed by atoms with Crippen molar-refractivity contribution in [2.45, 2.75) is 32.1 Å². The Kier molecular flexibility index (Phi) is 4.71. The summed E-state index contributed by atoms with van der Waals surface area (Å²) in [5, 5.41) is 3.87. The van der Waals surface area contributed by atoms with Gasteiger partial charge in [0.25, 0.3) is 0 Å². The van der Waals surface area contributed by atoms with Crippen LogP contribution in [0.1, 0.15) is 32.1 Å². The number of aromatic nitrogens is 2. The molecule has 0 amide bonds. The van der Waals surface area contributed by atoms with E-state index in [1.54, 1.807) is 6.07 Å². The van der Waals surface area contributed by atoms with Gasteiger partial charge in [0.05, 0.1) is 0 Å². The maximum absolute atomic E-state index is 6.11. The van der Waals surface area contributed by atoms with Crippen LogP contribution in [0.5, 0.6) is 0 Å². The van der Waals surface area contributed by atoms with Gasteiger partial charge in [-0.05, 0) is 12.3 Å². The number of halogens is 1. The first kappa shape index (κ1) is 14.3. The standard InChI is InChI=1S/C17H20ClN3/c18-15-12-16(19-11-10-13-6-4-5-7-13)21-17(20-15)14-8-2-1-3-9-14/h1-3,8-9,12-13H,4-7,10-11H2,(H,19,20,21). The van der Waals surface area contributed by atoms with Gasteiger partial charge in [-0.3, -0.25) is 0 Å². The van der Waals surface area contributed by atoms with E-state index in [-0.39, 0.29) is 0 Å². The van der Waals surface area contributed by atoms with Crippen molar-refractivity contribution in [1.29, 1.82) is 0 Å². The average Bonchev–Trinajstić information content (AvgIpc) is 3.01. The fraction of sp³-hybridized carbons (Fsp3) is 0.412. The highest BCUT2D eigenvalue weighted by Gasteiger charge is 2.14. The van der Waals surface area contributed by atoms with E-state index < -0.39 is 0 Å². The van der Waals surface area contributed by atoms with Gasteiger partial charge < -0.3 is 5.32 Å². The van der Waals surface area contributed by atoms with E-state index in [4.69, 9.17) is 11.6 Å². The molecule has 0 aliphatic heterocycles. The summed E-state index contributed by atoms with van der Waals surface area (Å²) in [6.45, 7) is 0.951. The van der Waals surface area contributed by atoms with Crippen molar-refractivity contribution in [2.75, 3.05) is 11.9 Å². The lowest BCUT2D eigenvalue weighted by Crippen LogP contribution is -2.08. The second-order valence-corrected chi connectivity index (χ2v) is 6.02. The Balaban J connectivity index is 1.66. The first-order valence-electron chi connectivity index (χ1n) is 7.65. The molecule has 0 radical (unpaired) electrons. The zero-order chi connectivity index (χ0) is 14.5. The molecule has 0 saturated heterocycles. The lowest BCUT2D eigenvalue weighted by Gasteiger charge is -2.11. The predicted molar refractivity (Wildman–Crippen MR) is 87.5 cm³/mol. The van der Waals surface area contributed by atoms with Crippen LogP contribution < -0.4 is 5.32 Å². The van der Waals surface area contributed by atoms with Crippen LogP contribution in [0.15, 0.2) is 36.4 Å². The number of anilines is 1. The van der Waals surface area contributed by atoms with Crippen LogP contribution in [-0.2, 0) is 0 Å². The van der Waals surface area contributed by atoms with E-state index in [1.165, 1.54) is 32.1 Å². The number of hydrogen-bond donors (Lipinski definition) is 1. The molecule has 0 atom stereocenters. The second-order valence-electron chi connectivity index (χ2n) is 5.63. The second kappa shape index (κ2) is 6.90. The summed E-state index contributed by atoms with van der Waals surface area (Å²) in [4.78, 5) is 8.87. The van der Waals surface area contributed by atoms with Gasteiger partial charge in [-0.25, -0.2) is 9.97 Å². The Labute approximate surface area is 130 Å². The van der Waals surface area contributed by atoms with Crippen LogP contribution in [0, 0.1) is 5.92 Å². The summed E-state index contributed by atoms with van der Waals surface area (Å²) in [6, 6.07) is 11.7. The van der Waals surface area contributed by atoms with E-state index in [2.05, 4.69) is 15.3 Å². The number of benzene rings is 1. The van der Waals surface area contributed by atoms with Crippen LogP contribution in [0.4, 0.5) is 5.82 Å². The molecule has 0 spiro atoms. The van der Waals surface area contributed by atoms with Gasteiger partial charge in [-0.2, -0.15) is 0 Å². The van der Waals surface area contributed by atoms with Gasteiger partial charge in [0, 0.05) is 18.2 Å². The lowest BCUT2D eigenvalue weighted by molar-refractivity contribution is 0.518. The topological polar surface area (TPSA) is 37.8 Å². The fourth-order valence-corrected chi connectivity index (χ4v) is 3.11. The van der Waals surface area contributed by atoms with Crippen molar-refractivity contribution in [1.82, 2.24) is 9.97 Å². The van der Waals surface area contributed by atoms with Gasteiger partial charge in [0.2, 0.25) is 0 Å². The summed E-state index contributed by atoms with van der Waals surface area (Å²) < 4.78 is 0. The number of nitrogens with one attached hydrogen (secondary N) is 1. The molecule has 21 heavy (non-hydrogen) atoms. The van der Waals surface area contributed by atoms with Crippen molar-refractivity contribution in [3.05, 3.63) is 41.6 Å². The molecule has 3 nitrogen and oxygen atoms in total. The molecule has 1 aliphatic carbocycles. The summed E-state index contributed by atoms with van der Waals surface area (Å²) in [7, 11) is 0. The average molecular weight is 302 g/mol. The molecule has 1 aromatic carbocycles. The first-order chi connectivity index (χ1) is 10.3. The van der Waals surface area contributed by atoms with Crippen molar-refractivity contribution in [3.8, 4) is 11.4 Å². The molecule has 1 aliphatic rings. The maximum Gasteiger partial charge on any atom is 0.163 e. The molecule has 0 unspecified atom stereocenters. The summed E-state index contributed by atoms with van der Waals surface area (Å²) in [5.41, 5.74) is 0.985. The molecular formula is C17H20ClN3. The Hall–Kier alpha value is -1.61. The number of rotatable bonds is 5. The summed E-state index contributed by atoms with van der Waals surface area (Å²) in [6.07, 6.45) is 6.75. The van der Waals surface area contributed by atoms with E-state index in [0.717, 1.165) is 23.8 Å². The predicted octanol–water partition coefficient (Wildman–Crippen LogP) is 4.79. The third-order valence-corrected chi connectivity index (χ3v) is 4.25. The van der Waals surface area contributed by atoms with E-state index >= 15 is 0 Å². The quantitative estimate of drug-likeness (QED) is 0.807. The number of hydrogen-bond acceptors (Lipinski definition) is 3. The van der Waals surface area contributed by atoms with Crippen LogP contribution in [0.25, 0.3) is 11.4 Å². The van der Waals surface area contributed by atoms with Gasteiger partial charge in [0.15, 0.2) is 5.82 Å². The summed E-state index contributed by atoms with van der Waals surface area (Å²) >= 11 is 6.11. The van der Waals surface area contributed by atoms with Gasteiger partial charge >= 0.3 is 0 Å². The molecule has 1 saturated carbocycles. The van der Waals surface area contributed by atoms with Crippen LogP contribution in [0.3, 0.4) is 0 Å². The minimum atomic E-state index is 0.479. The fourth-order valence-electron chi connectivity index (χ4n) is 2.93. The van der Waals surface area contributed by atoms with Crippen molar-refractivity contribution in [2.24, 2.45) is 5.92 Å². The smallest absolute Gasteiger partial charge is 0.163 e. The summed E-state index contributed by atoms with van der Waals surface area (Å²) in [5.74, 6) is 2.36. The number of nitrogens with zero attached hydrogens (tertiary/aromatic N) is 2. The largest absolute Gasteiger partial charge is 0.370 e. The molecular weight excluding hydrogens is 282 g/mol. The molecule has 1 aromatic heterocycles. The van der Waals surface area contributed by atoms with Crippen molar-refractivity contribution < 1.29 is 0 Å². The van der Waals surface area contributed by atoms with E-state index in [9.17, 15) is 0 Å². The zero-order valence-electron chi connectivity index (χ0n) is 12.1. The van der Waals surface area contributed by atoms with Crippen LogP contribution >= 0.6 is 11.6 Å². The molecule has 2 aromatic rings. The minimum absolute atomic E-state index is 0.479. The monoisotopic (exact) mass is 301 g/mol. The Morgan fingerprint density at radius 2 is 1.86 bits per heavy atom. The molecule has 4 heteroatoms. The normalized spacial score (nSPS) is 15.3. The Morgan fingerprint density at radius 3 is 2.62 bits per heavy atom. The van der Waals surface area contributed by atoms with E-state index in [0.29, 0.717) is 11.0 Å². The molecule has 0 bridgehead atoms. The van der Waals surface area contributed by atoms with E-state index in [1.807, 2.05) is 30.3 Å². The van der Waals surface area contributed by atoms with Crippen molar-refractivity contribution in [3.63, 3.8) is 0 Å². The van der Waals surface area contributed by atoms with Crippen LogP contribution in [-0.4, -0.2) is 16.5 Å². The molecule has 3 rings (SSSR count). The Bertz CT molecular complexity index is 580. The first-order valence-corrected chi connectivity index (χ1v) is 8.03. The maximum atomic E-state index is 6.11. The van der Waals surface area contributed by atoms with Gasteiger partial charge in [-0.15, -0.1) is 0 Å². The molecule has 1 N–H and O–H groups in total. The highest BCUT2D eigenvalue weighted by molar-refractivity contribution is 6.29. The third kappa shape index (κ3) is 3.94. The highest BCUT2D eigenvalue weighted by atomic mass is 35.5. The minimum Gasteiger partial charge on any atom is -0.370 e. The van der Waals surface area contributed by atoms with Crippen LogP contribution in [0.2, 0.25) is 5.15 Å². The van der Waals surface area contributed by atoms with Gasteiger partial charge in [-0.1, -0.05) is 67.6 Å². The Morgan fingerprint density at radius 1 is 1.10 bits per heavy atom. The van der Waals surface area contributed by atoms with Crippen molar-refractivity contribution >= 4 is 17.4 Å². The third-order valence-electron chi connectivity index (χ3n) is 4.06. The molecule has 1 heterocycles. The lowest BCUT2D eigenvalue weighted by atomic mass is 10.0.